The second-order valence-corrected chi connectivity index (χ2v) is 19.8. The molecule has 420 valence electrons. The number of carboxylic acids is 1. The summed E-state index contributed by atoms with van der Waals surface area (Å²) in [5, 5.41) is 50.0. The van der Waals surface area contributed by atoms with E-state index in [0.29, 0.717) is 24.2 Å². The number of rotatable bonds is 15. The molecular formula is C52H68N12O14. The maximum absolute atomic E-state index is 14.2. The number of pyridine rings is 2. The number of aliphatic carboxylic acids is 1. The Hall–Kier alpha value is -8.39. The van der Waals surface area contributed by atoms with E-state index >= 15 is 0 Å². The van der Waals surface area contributed by atoms with E-state index < -0.39 is 94.8 Å². The van der Waals surface area contributed by atoms with Gasteiger partial charge in [-0.1, -0.05) is 51.5 Å². The Balaban J connectivity index is 1.11. The number of aliphatic imine (C=N–C) groups is 1. The van der Waals surface area contributed by atoms with Gasteiger partial charge in [0.25, 0.3) is 17.4 Å². The minimum Gasteiger partial charge on any atom is -0.513 e. The molecule has 3 aliphatic heterocycles. The van der Waals surface area contributed by atoms with Crippen LogP contribution in [0.25, 0.3) is 22.3 Å². The van der Waals surface area contributed by atoms with E-state index in [9.17, 15) is 58.5 Å². The van der Waals surface area contributed by atoms with Crippen molar-refractivity contribution < 1.29 is 63.1 Å². The maximum Gasteiger partial charge on any atom is 0.408 e. The summed E-state index contributed by atoms with van der Waals surface area (Å²) in [5.41, 5.74) is 8.65. The summed E-state index contributed by atoms with van der Waals surface area (Å²) in [7, 11) is 0. The molecule has 6 rings (SSSR count). The van der Waals surface area contributed by atoms with Gasteiger partial charge in [0.05, 0.1) is 47.0 Å². The Kier molecular flexibility index (Phi) is 19.7. The topological polar surface area (TPSA) is 399 Å². The van der Waals surface area contributed by atoms with Crippen LogP contribution in [0.3, 0.4) is 0 Å². The molecule has 26 heteroatoms. The number of unbranched alkanes of at least 4 members (excludes halogenated alkanes) is 2. The Bertz CT molecular complexity index is 2970. The van der Waals surface area contributed by atoms with Gasteiger partial charge in [0.2, 0.25) is 23.3 Å². The van der Waals surface area contributed by atoms with E-state index in [1.165, 1.54) is 13.0 Å². The zero-order chi connectivity index (χ0) is 56.9. The van der Waals surface area contributed by atoms with Crippen LogP contribution >= 0.6 is 0 Å². The largest absolute Gasteiger partial charge is 0.513 e. The lowest BCUT2D eigenvalue weighted by molar-refractivity contribution is -0.172. The molecule has 0 radical (unpaired) electrons. The van der Waals surface area contributed by atoms with Crippen LogP contribution in [0.5, 0.6) is 0 Å². The Morgan fingerprint density at radius 1 is 1.04 bits per heavy atom. The number of ether oxygens (including phenoxy) is 2. The number of carbonyl (C=O) groups is 8. The second-order valence-electron chi connectivity index (χ2n) is 19.8. The van der Waals surface area contributed by atoms with Crippen LogP contribution in [0.2, 0.25) is 0 Å². The molecule has 5 atom stereocenters. The van der Waals surface area contributed by atoms with Gasteiger partial charge in [0.15, 0.2) is 5.96 Å². The van der Waals surface area contributed by atoms with E-state index in [-0.39, 0.29) is 113 Å². The highest BCUT2D eigenvalue weighted by Gasteiger charge is 2.50. The number of guanidine groups is 1. The number of carbonyl (C=O) groups excluding carboxylic acids is 7. The van der Waals surface area contributed by atoms with Gasteiger partial charge in [0.1, 0.15) is 36.5 Å². The van der Waals surface area contributed by atoms with Crippen LogP contribution in [0.1, 0.15) is 109 Å². The Labute approximate surface area is 448 Å². The summed E-state index contributed by atoms with van der Waals surface area (Å²) in [6.45, 7) is 6.53. The SMILES string of the molecule is CC[C@@]1(OC(=O)NCCCCCC(=O)N[C@H]2CC(=O)NCCC[C@@H](C(=O)O)NC(=O)/C(=C\O)NC(=O)/C(=C\CCN=C(N)N)NC(=O)C(C)(CC(C)C)NC2O)C(=O)OCc2c1cc1n(c2=O)Cc2cc3ccccc3nc2-1. The van der Waals surface area contributed by atoms with Crippen molar-refractivity contribution in [2.45, 2.75) is 135 Å². The molecule has 1 fully saturated rings. The number of hydrogen-bond acceptors (Lipinski definition) is 16. The van der Waals surface area contributed by atoms with E-state index in [0.717, 1.165) is 16.5 Å². The molecule has 1 aromatic carbocycles. The molecule has 1 saturated heterocycles. The summed E-state index contributed by atoms with van der Waals surface area (Å²) < 4.78 is 12.9. The molecule has 2 unspecified atom stereocenters. The number of esters is 1. The van der Waals surface area contributed by atoms with Crippen molar-refractivity contribution in [3.63, 3.8) is 0 Å². The fraction of sp³-hybridized carbons (Fsp3) is 0.481. The van der Waals surface area contributed by atoms with Gasteiger partial charge in [-0.3, -0.25) is 39.1 Å². The Morgan fingerprint density at radius 3 is 2.50 bits per heavy atom. The third kappa shape index (κ3) is 14.3. The van der Waals surface area contributed by atoms with Gasteiger partial charge in [-0.25, -0.2) is 19.4 Å². The van der Waals surface area contributed by atoms with Crippen molar-refractivity contribution in [1.29, 1.82) is 0 Å². The molecule has 26 nitrogen and oxygen atoms in total. The average Bonchev–Trinajstić information content (AvgIpc) is 3.75. The van der Waals surface area contributed by atoms with Gasteiger partial charge in [-0.05, 0) is 76.0 Å². The number of carboxylic acid groups (broad SMARTS) is 1. The molecule has 0 spiro atoms. The summed E-state index contributed by atoms with van der Waals surface area (Å²) >= 11 is 0. The van der Waals surface area contributed by atoms with Crippen molar-refractivity contribution in [2.75, 3.05) is 19.6 Å². The number of alkyl carbamates (subject to hydrolysis) is 1. The number of para-hydroxylation sites is 1. The first-order chi connectivity index (χ1) is 37.1. The number of amides is 6. The number of fused-ring (bicyclic) bond motifs is 5. The van der Waals surface area contributed by atoms with Crippen molar-refractivity contribution >= 4 is 64.4 Å². The van der Waals surface area contributed by atoms with E-state index in [2.05, 4.69) is 42.2 Å². The lowest BCUT2D eigenvalue weighted by Gasteiger charge is -2.36. The van der Waals surface area contributed by atoms with Gasteiger partial charge in [-0.15, -0.1) is 0 Å². The standard InChI is InChI=1S/C52H68N12O14/c1-5-52(32-22-38-41-30(21-29-13-8-9-14-33(29)59-41)25-64(38)45(71)31(32)27-77-48(52)75)78-50(76)57-18-10-6-7-17-39(66)58-36-23-40(67)55-19-12-16-35(46(72)73)60-43(69)37(26-65)61-42(68)34(15-11-20-56-49(53)54)62-47(74)51(4,24-28(2)3)63-44(36)70/h8-9,13-15,21-22,26,28,35-36,44,63,65,70H,5-7,10-12,16-20,23-25,27H2,1-4H3,(H,55,67)(H,57,76)(H,58,66)(H,60,69)(H,61,68)(H,62,74)(H,72,73)(H4,53,54,56)/b34-15+,37-26+/t35-,36-,44?,51?,52-/m0/s1. The van der Waals surface area contributed by atoms with Gasteiger partial charge in [0, 0.05) is 42.6 Å². The van der Waals surface area contributed by atoms with E-state index in [1.54, 1.807) is 31.4 Å². The minimum atomic E-state index is -1.93. The molecule has 14 N–H and O–H groups in total. The quantitative estimate of drug-likeness (QED) is 0.0194. The van der Waals surface area contributed by atoms with E-state index in [1.807, 2.05) is 30.3 Å². The number of cyclic esters (lactones) is 1. The first-order valence-electron chi connectivity index (χ1n) is 25.7. The molecule has 0 aliphatic carbocycles. The van der Waals surface area contributed by atoms with Crippen LogP contribution in [0, 0.1) is 5.92 Å². The van der Waals surface area contributed by atoms with Gasteiger partial charge in [-0.2, -0.15) is 0 Å². The summed E-state index contributed by atoms with van der Waals surface area (Å²) in [5.74, 6) is -7.20. The van der Waals surface area contributed by atoms with Crippen LogP contribution < -0.4 is 54.2 Å². The Morgan fingerprint density at radius 2 is 1.79 bits per heavy atom. The number of aliphatic hydroxyl groups is 2. The number of nitrogens with two attached hydrogens (primary N) is 2. The monoisotopic (exact) mass is 1080 g/mol. The van der Waals surface area contributed by atoms with Crippen molar-refractivity contribution in [3.8, 4) is 11.4 Å². The normalized spacial score (nSPS) is 23.2. The summed E-state index contributed by atoms with van der Waals surface area (Å²) in [6.07, 6.45) is -1.10. The molecular weight excluding hydrogens is 1020 g/mol. The smallest absolute Gasteiger partial charge is 0.408 e. The van der Waals surface area contributed by atoms with Crippen LogP contribution in [0.15, 0.2) is 69.9 Å². The lowest BCUT2D eigenvalue weighted by atomic mass is 9.85. The fourth-order valence-corrected chi connectivity index (χ4v) is 9.54. The first kappa shape index (κ1) is 58.9. The molecule has 5 heterocycles. The summed E-state index contributed by atoms with van der Waals surface area (Å²) in [4.78, 5) is 129. The predicted molar refractivity (Wildman–Crippen MR) is 281 cm³/mol. The second kappa shape index (κ2) is 26.1. The molecule has 78 heavy (non-hydrogen) atoms. The molecule has 0 bridgehead atoms. The summed E-state index contributed by atoms with van der Waals surface area (Å²) in [6, 6.07) is 8.29. The van der Waals surface area contributed by atoms with Crippen LogP contribution in [-0.4, -0.2) is 122 Å². The molecule has 2 aromatic heterocycles. The van der Waals surface area contributed by atoms with Crippen molar-refractivity contribution in [2.24, 2.45) is 22.4 Å². The highest BCUT2D eigenvalue weighted by atomic mass is 16.6. The zero-order valence-electron chi connectivity index (χ0n) is 43.9. The average molecular weight is 1090 g/mol. The highest BCUT2D eigenvalue weighted by molar-refractivity contribution is 6.05. The van der Waals surface area contributed by atoms with Gasteiger partial charge < -0.3 is 72.7 Å². The van der Waals surface area contributed by atoms with E-state index in [4.69, 9.17) is 25.9 Å². The molecule has 0 saturated carbocycles. The van der Waals surface area contributed by atoms with Crippen LogP contribution in [0.4, 0.5) is 4.79 Å². The highest BCUT2D eigenvalue weighted by Crippen LogP contribution is 2.41. The molecule has 6 amide bonds. The van der Waals surface area contributed by atoms with Gasteiger partial charge >= 0.3 is 18.0 Å². The number of hydrogen-bond donors (Lipinski definition) is 12. The zero-order valence-corrected chi connectivity index (χ0v) is 43.9. The maximum atomic E-state index is 14.2. The molecule has 3 aromatic rings. The third-order valence-electron chi connectivity index (χ3n) is 13.4. The number of aromatic nitrogens is 2. The number of nitrogens with one attached hydrogen (secondary N) is 7. The number of nitrogens with zero attached hydrogens (tertiary/aromatic N) is 3. The third-order valence-corrected chi connectivity index (χ3v) is 13.4. The molecule has 3 aliphatic rings. The first-order valence-corrected chi connectivity index (χ1v) is 25.7. The van der Waals surface area contributed by atoms with Crippen LogP contribution in [-0.2, 0) is 61.8 Å². The minimum absolute atomic E-state index is 0.0138. The number of benzene rings is 1. The number of aliphatic hydroxyl groups excluding tert-OH is 2. The lowest BCUT2D eigenvalue weighted by Crippen LogP contribution is -2.63. The fourth-order valence-electron chi connectivity index (χ4n) is 9.54. The van der Waals surface area contributed by atoms with Crippen molar-refractivity contribution in [1.82, 2.24) is 46.8 Å². The van der Waals surface area contributed by atoms with Crippen molar-refractivity contribution in [3.05, 3.63) is 87.2 Å². The predicted octanol–water partition coefficient (Wildman–Crippen LogP) is 0.620.